The van der Waals surface area contributed by atoms with E-state index in [0.717, 1.165) is 48.9 Å². The molecule has 4 aliphatic carbocycles. The number of hydrogen-bond acceptors (Lipinski definition) is 3. The fourth-order valence-corrected chi connectivity index (χ4v) is 8.86. The first kappa shape index (κ1) is 20.7. The van der Waals surface area contributed by atoms with Crippen LogP contribution in [-0.2, 0) is 9.53 Å². The van der Waals surface area contributed by atoms with Crippen LogP contribution in [-0.4, -0.2) is 24.3 Å². The van der Waals surface area contributed by atoms with Gasteiger partial charge in [-0.15, -0.1) is 0 Å². The Hall–Kier alpha value is -0.570. The number of aliphatic hydroxyl groups is 1. The van der Waals surface area contributed by atoms with Crippen molar-refractivity contribution in [3.63, 3.8) is 0 Å². The summed E-state index contributed by atoms with van der Waals surface area (Å²) in [6, 6.07) is 0. The zero-order valence-electron chi connectivity index (χ0n) is 18.6. The van der Waals surface area contributed by atoms with Gasteiger partial charge >= 0.3 is 5.97 Å². The molecule has 4 fully saturated rings. The van der Waals surface area contributed by atoms with Gasteiger partial charge in [-0.3, -0.25) is 4.79 Å². The van der Waals surface area contributed by atoms with Crippen LogP contribution in [0.2, 0.25) is 0 Å². The Morgan fingerprint density at radius 3 is 2.50 bits per heavy atom. The smallest absolute Gasteiger partial charge is 0.305 e. The van der Waals surface area contributed by atoms with Crippen LogP contribution in [0.25, 0.3) is 0 Å². The predicted molar refractivity (Wildman–Crippen MR) is 112 cm³/mol. The predicted octanol–water partition coefficient (Wildman–Crippen LogP) is 5.60. The lowest BCUT2D eigenvalue weighted by Gasteiger charge is -2.61. The second-order valence-corrected chi connectivity index (χ2v) is 11.4. The van der Waals surface area contributed by atoms with E-state index in [9.17, 15) is 9.90 Å². The Bertz CT molecular complexity index is 588. The molecule has 0 aromatic rings. The standard InChI is InChI=1S/C25H42O3/c1-16(5-10-23(27)28-4)20-8-9-21-19-7-6-17-15-18(26)11-13-24(17,2)22(19)12-14-25(20,21)3/h16-22,26H,5-15H2,1-4H3/t16-,17?,18-,19?,20-,21+,22+,24+,25-/m1/s1. The number of carbonyl (C=O) groups is 1. The molecule has 9 atom stereocenters. The summed E-state index contributed by atoms with van der Waals surface area (Å²) in [5.41, 5.74) is 0.937. The van der Waals surface area contributed by atoms with Crippen molar-refractivity contribution in [2.45, 2.75) is 97.5 Å². The third-order valence-corrected chi connectivity index (χ3v) is 10.4. The molecular weight excluding hydrogens is 348 g/mol. The van der Waals surface area contributed by atoms with E-state index in [-0.39, 0.29) is 12.1 Å². The van der Waals surface area contributed by atoms with Gasteiger partial charge in [0, 0.05) is 6.42 Å². The zero-order chi connectivity index (χ0) is 20.1. The van der Waals surface area contributed by atoms with Crippen LogP contribution in [0, 0.1) is 46.3 Å². The monoisotopic (exact) mass is 390 g/mol. The SMILES string of the molecule is COC(=O)CC[C@@H](C)[C@H]1CC[C@H]2C3CCC4C[C@H](O)CC[C@]4(C)[C@H]3CC[C@]12C. The fraction of sp³-hybridized carbons (Fsp3) is 0.960. The summed E-state index contributed by atoms with van der Waals surface area (Å²) >= 11 is 0. The van der Waals surface area contributed by atoms with Gasteiger partial charge in [-0.2, -0.15) is 0 Å². The lowest BCUT2D eigenvalue weighted by atomic mass is 9.44. The highest BCUT2D eigenvalue weighted by atomic mass is 16.5. The van der Waals surface area contributed by atoms with Crippen LogP contribution < -0.4 is 0 Å². The molecule has 0 aromatic heterocycles. The Morgan fingerprint density at radius 1 is 1.04 bits per heavy atom. The Kier molecular flexibility index (Phi) is 5.61. The zero-order valence-corrected chi connectivity index (χ0v) is 18.6. The molecule has 0 heterocycles. The van der Waals surface area contributed by atoms with E-state index in [2.05, 4.69) is 20.8 Å². The summed E-state index contributed by atoms with van der Waals surface area (Å²) in [6.45, 7) is 7.56. The number of rotatable bonds is 4. The summed E-state index contributed by atoms with van der Waals surface area (Å²) in [6.07, 6.45) is 13.1. The van der Waals surface area contributed by atoms with E-state index >= 15 is 0 Å². The summed E-state index contributed by atoms with van der Waals surface area (Å²) < 4.78 is 4.88. The van der Waals surface area contributed by atoms with E-state index < -0.39 is 0 Å². The molecule has 0 amide bonds. The first-order valence-electron chi connectivity index (χ1n) is 12.0. The summed E-state index contributed by atoms with van der Waals surface area (Å²) in [4.78, 5) is 11.6. The van der Waals surface area contributed by atoms with E-state index in [0.29, 0.717) is 23.2 Å². The minimum Gasteiger partial charge on any atom is -0.469 e. The van der Waals surface area contributed by atoms with Crippen LogP contribution in [0.15, 0.2) is 0 Å². The Morgan fingerprint density at radius 2 is 1.75 bits per heavy atom. The molecule has 28 heavy (non-hydrogen) atoms. The van der Waals surface area contributed by atoms with Crippen molar-refractivity contribution in [1.82, 2.24) is 0 Å². The van der Waals surface area contributed by atoms with Crippen LogP contribution in [0.1, 0.15) is 91.4 Å². The van der Waals surface area contributed by atoms with Crippen molar-refractivity contribution in [3.05, 3.63) is 0 Å². The second kappa shape index (κ2) is 7.60. The van der Waals surface area contributed by atoms with Gasteiger partial charge in [-0.25, -0.2) is 0 Å². The van der Waals surface area contributed by atoms with E-state index in [1.807, 2.05) is 0 Å². The molecule has 4 saturated carbocycles. The second-order valence-electron chi connectivity index (χ2n) is 11.4. The molecule has 0 aromatic carbocycles. The number of hydrogen-bond donors (Lipinski definition) is 1. The van der Waals surface area contributed by atoms with Crippen LogP contribution in [0.3, 0.4) is 0 Å². The molecule has 0 radical (unpaired) electrons. The van der Waals surface area contributed by atoms with Crippen molar-refractivity contribution in [2.75, 3.05) is 7.11 Å². The summed E-state index contributed by atoms with van der Waals surface area (Å²) in [5.74, 6) is 4.72. The van der Waals surface area contributed by atoms with Gasteiger partial charge in [0.1, 0.15) is 0 Å². The molecule has 1 N–H and O–H groups in total. The van der Waals surface area contributed by atoms with E-state index in [1.165, 1.54) is 52.1 Å². The molecule has 0 bridgehead atoms. The number of ether oxygens (including phenoxy) is 1. The molecule has 3 nitrogen and oxygen atoms in total. The minimum absolute atomic E-state index is 0.0463. The van der Waals surface area contributed by atoms with Crippen molar-refractivity contribution >= 4 is 5.97 Å². The highest BCUT2D eigenvalue weighted by Crippen LogP contribution is 2.68. The first-order valence-corrected chi connectivity index (χ1v) is 12.0. The van der Waals surface area contributed by atoms with Crippen molar-refractivity contribution in [2.24, 2.45) is 46.3 Å². The average Bonchev–Trinajstić information content (AvgIpc) is 3.03. The molecule has 160 valence electrons. The average molecular weight is 391 g/mol. The molecule has 4 rings (SSSR count). The van der Waals surface area contributed by atoms with Gasteiger partial charge in [-0.05, 0) is 111 Å². The lowest BCUT2D eigenvalue weighted by molar-refractivity contribution is -0.141. The highest BCUT2D eigenvalue weighted by molar-refractivity contribution is 5.69. The van der Waals surface area contributed by atoms with Gasteiger partial charge in [0.05, 0.1) is 13.2 Å². The maximum atomic E-state index is 11.6. The lowest BCUT2D eigenvalue weighted by Crippen LogP contribution is -2.54. The first-order chi connectivity index (χ1) is 13.3. The molecule has 0 spiro atoms. The molecule has 3 heteroatoms. The maximum absolute atomic E-state index is 11.6. The summed E-state index contributed by atoms with van der Waals surface area (Å²) in [7, 11) is 1.50. The normalized spacial score (nSPS) is 48.9. The molecule has 0 aliphatic heterocycles. The van der Waals surface area contributed by atoms with Crippen molar-refractivity contribution in [3.8, 4) is 0 Å². The van der Waals surface area contributed by atoms with Crippen LogP contribution in [0.5, 0.6) is 0 Å². The maximum Gasteiger partial charge on any atom is 0.305 e. The van der Waals surface area contributed by atoms with Crippen molar-refractivity contribution < 1.29 is 14.6 Å². The third kappa shape index (κ3) is 3.24. The number of carbonyl (C=O) groups excluding carboxylic acids is 1. The molecular formula is C25H42O3. The van der Waals surface area contributed by atoms with Crippen molar-refractivity contribution in [1.29, 1.82) is 0 Å². The Balaban J connectivity index is 1.48. The van der Waals surface area contributed by atoms with Gasteiger partial charge in [0.25, 0.3) is 0 Å². The van der Waals surface area contributed by atoms with Crippen LogP contribution in [0.4, 0.5) is 0 Å². The fourth-order valence-electron chi connectivity index (χ4n) is 8.86. The van der Waals surface area contributed by atoms with Gasteiger partial charge in [0.2, 0.25) is 0 Å². The minimum atomic E-state index is -0.0546. The third-order valence-electron chi connectivity index (χ3n) is 10.4. The Labute approximate surface area is 172 Å². The molecule has 2 unspecified atom stereocenters. The van der Waals surface area contributed by atoms with Crippen LogP contribution >= 0.6 is 0 Å². The van der Waals surface area contributed by atoms with Gasteiger partial charge in [0.15, 0.2) is 0 Å². The highest BCUT2D eigenvalue weighted by Gasteiger charge is 2.60. The van der Waals surface area contributed by atoms with Gasteiger partial charge in [-0.1, -0.05) is 20.8 Å². The number of fused-ring (bicyclic) bond motifs is 5. The molecule has 0 saturated heterocycles. The van der Waals surface area contributed by atoms with Gasteiger partial charge < -0.3 is 9.84 Å². The number of aliphatic hydroxyl groups excluding tert-OH is 1. The summed E-state index contributed by atoms with van der Waals surface area (Å²) in [5, 5.41) is 10.2. The number of esters is 1. The topological polar surface area (TPSA) is 46.5 Å². The van der Waals surface area contributed by atoms with E-state index in [4.69, 9.17) is 4.74 Å². The number of methoxy groups -OCH3 is 1. The largest absolute Gasteiger partial charge is 0.469 e. The quantitative estimate of drug-likeness (QED) is 0.636. The van der Waals surface area contributed by atoms with E-state index in [1.54, 1.807) is 0 Å². The molecule has 4 aliphatic rings.